The van der Waals surface area contributed by atoms with Crippen LogP contribution in [0.2, 0.25) is 0 Å². The van der Waals surface area contributed by atoms with Crippen molar-refractivity contribution < 1.29 is 9.84 Å². The average Bonchev–Trinajstić information content (AvgIpc) is 3.28. The predicted octanol–water partition coefficient (Wildman–Crippen LogP) is 4.88. The van der Waals surface area contributed by atoms with Gasteiger partial charge in [-0.05, 0) is 68.7 Å². The Morgan fingerprint density at radius 3 is 2.97 bits per heavy atom. The topological polar surface area (TPSA) is 32.7 Å². The Morgan fingerprint density at radius 2 is 2.13 bits per heavy atom. The maximum Gasteiger partial charge on any atom is 0.0611 e. The molecule has 2 aliphatic carbocycles. The first-order valence-electron chi connectivity index (χ1n) is 12.2. The lowest BCUT2D eigenvalue weighted by Gasteiger charge is -2.26. The highest BCUT2D eigenvalue weighted by molar-refractivity contribution is 7.99. The summed E-state index contributed by atoms with van der Waals surface area (Å²) in [5.74, 6) is 3.97. The van der Waals surface area contributed by atoms with E-state index in [0.717, 1.165) is 45.6 Å². The van der Waals surface area contributed by atoms with Crippen LogP contribution in [0.1, 0.15) is 36.8 Å². The van der Waals surface area contributed by atoms with E-state index in [1.54, 1.807) is 5.57 Å². The highest BCUT2D eigenvalue weighted by Gasteiger charge is 2.43. The molecular weight excluding hydrogens is 402 g/mol. The van der Waals surface area contributed by atoms with Crippen LogP contribution < -0.4 is 0 Å². The molecule has 170 valence electrons. The summed E-state index contributed by atoms with van der Waals surface area (Å²) in [7, 11) is 0. The van der Waals surface area contributed by atoms with Crippen molar-refractivity contribution in [2.45, 2.75) is 45.1 Å². The summed E-state index contributed by atoms with van der Waals surface area (Å²) in [6.45, 7) is 7.36. The second-order valence-corrected chi connectivity index (χ2v) is 10.7. The van der Waals surface area contributed by atoms with E-state index in [-0.39, 0.29) is 6.10 Å². The maximum atomic E-state index is 10.6. The summed E-state index contributed by atoms with van der Waals surface area (Å²) in [5.41, 5.74) is 4.36. The smallest absolute Gasteiger partial charge is 0.0611 e. The summed E-state index contributed by atoms with van der Waals surface area (Å²) in [6, 6.07) is 8.79. The van der Waals surface area contributed by atoms with Gasteiger partial charge in [0.05, 0.1) is 19.3 Å². The van der Waals surface area contributed by atoms with Gasteiger partial charge in [-0.15, -0.1) is 0 Å². The van der Waals surface area contributed by atoms with Gasteiger partial charge in [0.1, 0.15) is 0 Å². The van der Waals surface area contributed by atoms with Crippen molar-refractivity contribution in [1.29, 1.82) is 0 Å². The first-order chi connectivity index (χ1) is 15.2. The van der Waals surface area contributed by atoms with Crippen LogP contribution >= 0.6 is 11.8 Å². The number of allylic oxidation sites excluding steroid dienone is 2. The SMILES string of the molecule is Cc1cccc(CC/C=C/[C@@H]2[C@H]3CC(CSCCCN4CCOCC4)=C[C@H]3C[C@H]2O)c1. The first kappa shape index (κ1) is 23.1. The zero-order valence-corrected chi connectivity index (χ0v) is 19.9. The van der Waals surface area contributed by atoms with Crippen molar-refractivity contribution in [1.82, 2.24) is 4.90 Å². The number of fused-ring (bicyclic) bond motifs is 1. The molecule has 0 unspecified atom stereocenters. The molecule has 1 N–H and O–H groups in total. The van der Waals surface area contributed by atoms with Crippen LogP contribution in [0.4, 0.5) is 0 Å². The lowest BCUT2D eigenvalue weighted by molar-refractivity contribution is 0.0381. The molecule has 0 bridgehead atoms. The molecule has 1 saturated carbocycles. The molecule has 1 aliphatic heterocycles. The second-order valence-electron chi connectivity index (χ2n) is 9.55. The van der Waals surface area contributed by atoms with Gasteiger partial charge in [0.15, 0.2) is 0 Å². The number of aliphatic hydroxyl groups excluding tert-OH is 1. The van der Waals surface area contributed by atoms with E-state index in [4.69, 9.17) is 4.74 Å². The number of aliphatic hydroxyl groups is 1. The van der Waals surface area contributed by atoms with Crippen molar-refractivity contribution in [2.75, 3.05) is 44.4 Å². The Morgan fingerprint density at radius 1 is 1.26 bits per heavy atom. The lowest BCUT2D eigenvalue weighted by Crippen LogP contribution is -2.36. The highest BCUT2D eigenvalue weighted by Crippen LogP contribution is 2.47. The Balaban J connectivity index is 1.16. The second kappa shape index (κ2) is 11.7. The van der Waals surface area contributed by atoms with Crippen LogP contribution in [0.5, 0.6) is 0 Å². The minimum absolute atomic E-state index is 0.163. The largest absolute Gasteiger partial charge is 0.392 e. The van der Waals surface area contributed by atoms with Gasteiger partial charge in [-0.25, -0.2) is 0 Å². The molecule has 1 aromatic rings. The molecule has 0 aromatic heterocycles. The van der Waals surface area contributed by atoms with E-state index >= 15 is 0 Å². The number of hydrogen-bond acceptors (Lipinski definition) is 4. The van der Waals surface area contributed by atoms with E-state index in [2.05, 4.69) is 66.1 Å². The molecule has 3 aliphatic rings. The number of benzene rings is 1. The molecule has 31 heavy (non-hydrogen) atoms. The number of ether oxygens (including phenoxy) is 1. The van der Waals surface area contributed by atoms with E-state index in [1.165, 1.54) is 42.0 Å². The van der Waals surface area contributed by atoms with Gasteiger partial charge in [-0.2, -0.15) is 11.8 Å². The zero-order chi connectivity index (χ0) is 21.5. The lowest BCUT2D eigenvalue weighted by atomic mass is 9.89. The molecule has 1 heterocycles. The molecule has 1 saturated heterocycles. The van der Waals surface area contributed by atoms with Crippen LogP contribution in [0.15, 0.2) is 48.1 Å². The quantitative estimate of drug-likeness (QED) is 0.414. The molecule has 4 atom stereocenters. The first-order valence-corrected chi connectivity index (χ1v) is 13.3. The monoisotopic (exact) mass is 441 g/mol. The van der Waals surface area contributed by atoms with Crippen LogP contribution in [0.25, 0.3) is 0 Å². The number of aryl methyl sites for hydroxylation is 2. The fourth-order valence-corrected chi connectivity index (χ4v) is 6.46. The van der Waals surface area contributed by atoms with Gasteiger partial charge in [-0.3, -0.25) is 4.90 Å². The summed E-state index contributed by atoms with van der Waals surface area (Å²) in [6.07, 6.45) is 12.5. The molecule has 2 fully saturated rings. The molecular formula is C27H39NO2S. The Kier molecular flexibility index (Phi) is 8.71. The Bertz CT molecular complexity index is 755. The number of hydrogen-bond donors (Lipinski definition) is 1. The molecule has 3 nitrogen and oxygen atoms in total. The van der Waals surface area contributed by atoms with Crippen molar-refractivity contribution >= 4 is 11.8 Å². The average molecular weight is 442 g/mol. The van der Waals surface area contributed by atoms with Gasteiger partial charge in [0.25, 0.3) is 0 Å². The van der Waals surface area contributed by atoms with Gasteiger partial charge < -0.3 is 9.84 Å². The van der Waals surface area contributed by atoms with E-state index in [0.29, 0.717) is 17.8 Å². The Labute approximate surface area is 192 Å². The van der Waals surface area contributed by atoms with Crippen LogP contribution in [0, 0.1) is 24.7 Å². The van der Waals surface area contributed by atoms with E-state index in [9.17, 15) is 5.11 Å². The third-order valence-corrected chi connectivity index (χ3v) is 8.30. The molecule has 4 rings (SSSR count). The number of nitrogens with zero attached hydrogens (tertiary/aromatic N) is 1. The fraction of sp³-hybridized carbons (Fsp3) is 0.630. The Hall–Kier alpha value is -1.07. The van der Waals surface area contributed by atoms with Gasteiger partial charge >= 0.3 is 0 Å². The van der Waals surface area contributed by atoms with E-state index < -0.39 is 0 Å². The van der Waals surface area contributed by atoms with Crippen molar-refractivity contribution in [3.8, 4) is 0 Å². The van der Waals surface area contributed by atoms with Crippen molar-refractivity contribution in [3.05, 3.63) is 59.2 Å². The molecule has 0 amide bonds. The summed E-state index contributed by atoms with van der Waals surface area (Å²) < 4.78 is 5.43. The van der Waals surface area contributed by atoms with Gasteiger partial charge in [-0.1, -0.05) is 53.6 Å². The van der Waals surface area contributed by atoms with Gasteiger partial charge in [0.2, 0.25) is 0 Å². The van der Waals surface area contributed by atoms with E-state index in [1.807, 2.05) is 0 Å². The summed E-state index contributed by atoms with van der Waals surface area (Å²) in [4.78, 5) is 2.53. The number of thioether (sulfide) groups is 1. The minimum atomic E-state index is -0.163. The highest BCUT2D eigenvalue weighted by atomic mass is 32.2. The molecule has 0 radical (unpaired) electrons. The van der Waals surface area contributed by atoms with Crippen LogP contribution in [0.3, 0.4) is 0 Å². The maximum absolute atomic E-state index is 10.6. The molecule has 1 aromatic carbocycles. The number of rotatable bonds is 10. The third-order valence-electron chi connectivity index (χ3n) is 7.14. The standard InChI is InChI=1S/C27H39NO2S/c1-21-6-4-8-22(16-21)7-2-3-9-25-26-18-23(17-24(26)19-27(25)29)20-31-15-5-10-28-11-13-30-14-12-28/h3-4,6,8-9,16-17,24-27,29H,2,5,7,10-15,18-20H2,1H3/b9-3+/t24-,25+,26-,27+/m0/s1. The van der Waals surface area contributed by atoms with Crippen molar-refractivity contribution in [3.63, 3.8) is 0 Å². The predicted molar refractivity (Wildman–Crippen MR) is 132 cm³/mol. The van der Waals surface area contributed by atoms with Crippen LogP contribution in [-0.4, -0.2) is 60.5 Å². The number of morpholine rings is 1. The van der Waals surface area contributed by atoms with Crippen LogP contribution in [-0.2, 0) is 11.2 Å². The minimum Gasteiger partial charge on any atom is -0.392 e. The van der Waals surface area contributed by atoms with Crippen molar-refractivity contribution in [2.24, 2.45) is 17.8 Å². The molecule has 0 spiro atoms. The normalized spacial score (nSPS) is 28.9. The third kappa shape index (κ3) is 6.71. The molecule has 4 heteroatoms. The summed E-state index contributed by atoms with van der Waals surface area (Å²) in [5, 5.41) is 10.6. The van der Waals surface area contributed by atoms with Gasteiger partial charge in [0, 0.05) is 24.8 Å². The fourth-order valence-electron chi connectivity index (χ4n) is 5.50. The zero-order valence-electron chi connectivity index (χ0n) is 19.0. The summed E-state index contributed by atoms with van der Waals surface area (Å²) >= 11 is 2.09.